The van der Waals surface area contributed by atoms with Crippen LogP contribution in [0.5, 0.6) is 0 Å². The van der Waals surface area contributed by atoms with Crippen LogP contribution < -0.4 is 0 Å². The Morgan fingerprint density at radius 1 is 1.19 bits per heavy atom. The first-order valence-electron chi connectivity index (χ1n) is 7.24. The minimum absolute atomic E-state index is 0.345. The highest BCUT2D eigenvalue weighted by Gasteiger charge is 2.26. The number of nitrogens with one attached hydrogen (secondary N) is 1. The van der Waals surface area contributed by atoms with E-state index in [1.165, 1.54) is 6.42 Å². The minimum Gasteiger partial charge on any atom is -0.338 e. The SMILES string of the molecule is N#CC(c1[nH]c(-c2ccccc2)nc1Cl)N1CCCCC1. The number of hydrogen-bond donors (Lipinski definition) is 1. The first kappa shape index (κ1) is 14.1. The molecule has 5 heteroatoms. The van der Waals surface area contributed by atoms with Crippen LogP contribution in [0.1, 0.15) is 31.0 Å². The molecule has 1 N–H and O–H groups in total. The molecule has 1 aliphatic rings. The molecule has 1 saturated heterocycles. The zero-order valence-corrected chi connectivity index (χ0v) is 12.5. The van der Waals surface area contributed by atoms with Gasteiger partial charge in [-0.2, -0.15) is 5.26 Å². The maximum atomic E-state index is 9.54. The molecule has 1 aromatic heterocycles. The van der Waals surface area contributed by atoms with E-state index in [0.29, 0.717) is 16.7 Å². The third-order valence-corrected chi connectivity index (χ3v) is 4.17. The summed E-state index contributed by atoms with van der Waals surface area (Å²) in [5.41, 5.74) is 1.68. The summed E-state index contributed by atoms with van der Waals surface area (Å²) in [6, 6.07) is 11.8. The molecular weight excluding hydrogens is 284 g/mol. The minimum atomic E-state index is -0.345. The molecule has 108 valence electrons. The number of benzene rings is 1. The van der Waals surface area contributed by atoms with Crippen LogP contribution in [0.2, 0.25) is 5.15 Å². The van der Waals surface area contributed by atoms with Crippen LogP contribution in [-0.4, -0.2) is 28.0 Å². The van der Waals surface area contributed by atoms with Crippen molar-refractivity contribution in [2.45, 2.75) is 25.3 Å². The number of aromatic nitrogens is 2. The van der Waals surface area contributed by atoms with E-state index in [1.54, 1.807) is 0 Å². The van der Waals surface area contributed by atoms with E-state index in [9.17, 15) is 5.26 Å². The third-order valence-electron chi connectivity index (χ3n) is 3.88. The lowest BCUT2D eigenvalue weighted by Gasteiger charge is -2.29. The Hall–Kier alpha value is -1.83. The summed E-state index contributed by atoms with van der Waals surface area (Å²) in [6.45, 7) is 1.88. The van der Waals surface area contributed by atoms with Crippen molar-refractivity contribution in [3.05, 3.63) is 41.2 Å². The lowest BCUT2D eigenvalue weighted by molar-refractivity contribution is 0.194. The second-order valence-electron chi connectivity index (χ2n) is 5.28. The van der Waals surface area contributed by atoms with Gasteiger partial charge in [0.05, 0.1) is 11.8 Å². The Labute approximate surface area is 129 Å². The van der Waals surface area contributed by atoms with Crippen LogP contribution in [0.25, 0.3) is 11.4 Å². The number of nitriles is 1. The largest absolute Gasteiger partial charge is 0.338 e. The van der Waals surface area contributed by atoms with E-state index in [2.05, 4.69) is 20.9 Å². The van der Waals surface area contributed by atoms with Crippen LogP contribution >= 0.6 is 11.6 Å². The van der Waals surface area contributed by atoms with Crippen LogP contribution in [0.3, 0.4) is 0 Å². The maximum Gasteiger partial charge on any atom is 0.153 e. The molecule has 0 saturated carbocycles. The molecule has 21 heavy (non-hydrogen) atoms. The highest BCUT2D eigenvalue weighted by molar-refractivity contribution is 6.30. The molecule has 0 aliphatic carbocycles. The fourth-order valence-corrected chi connectivity index (χ4v) is 3.02. The predicted molar refractivity (Wildman–Crippen MR) is 82.8 cm³/mol. The quantitative estimate of drug-likeness (QED) is 0.938. The fraction of sp³-hybridized carbons (Fsp3) is 0.375. The highest BCUT2D eigenvalue weighted by atomic mass is 35.5. The van der Waals surface area contributed by atoms with Crippen LogP contribution in [0.15, 0.2) is 30.3 Å². The van der Waals surface area contributed by atoms with Gasteiger partial charge in [0, 0.05) is 5.56 Å². The van der Waals surface area contributed by atoms with E-state index in [0.717, 1.165) is 31.5 Å². The number of imidazole rings is 1. The average molecular weight is 301 g/mol. The number of aromatic amines is 1. The van der Waals surface area contributed by atoms with Gasteiger partial charge in [0.1, 0.15) is 11.9 Å². The molecule has 0 spiro atoms. The maximum absolute atomic E-state index is 9.54. The van der Waals surface area contributed by atoms with Crippen molar-refractivity contribution in [1.29, 1.82) is 5.26 Å². The molecule has 2 aromatic rings. The van der Waals surface area contributed by atoms with E-state index in [-0.39, 0.29) is 6.04 Å². The number of rotatable bonds is 3. The highest BCUT2D eigenvalue weighted by Crippen LogP contribution is 2.30. The van der Waals surface area contributed by atoms with Crippen LogP contribution in [-0.2, 0) is 0 Å². The molecule has 1 atom stereocenters. The van der Waals surface area contributed by atoms with Gasteiger partial charge in [-0.1, -0.05) is 48.4 Å². The van der Waals surface area contributed by atoms with Crippen molar-refractivity contribution in [3.63, 3.8) is 0 Å². The Balaban J connectivity index is 1.91. The summed E-state index contributed by atoms with van der Waals surface area (Å²) in [4.78, 5) is 9.79. The Morgan fingerprint density at radius 2 is 1.90 bits per heavy atom. The van der Waals surface area contributed by atoms with Gasteiger partial charge in [-0.3, -0.25) is 4.90 Å². The van der Waals surface area contributed by atoms with E-state index < -0.39 is 0 Å². The number of H-pyrrole nitrogens is 1. The van der Waals surface area contributed by atoms with Gasteiger partial charge in [-0.25, -0.2) is 4.98 Å². The smallest absolute Gasteiger partial charge is 0.153 e. The first-order valence-corrected chi connectivity index (χ1v) is 7.62. The lowest BCUT2D eigenvalue weighted by atomic mass is 10.1. The van der Waals surface area contributed by atoms with Crippen molar-refractivity contribution >= 4 is 11.6 Å². The van der Waals surface area contributed by atoms with Crippen molar-refractivity contribution in [2.24, 2.45) is 0 Å². The van der Waals surface area contributed by atoms with Crippen molar-refractivity contribution in [2.75, 3.05) is 13.1 Å². The fourth-order valence-electron chi connectivity index (χ4n) is 2.78. The molecule has 1 unspecified atom stereocenters. The molecule has 2 heterocycles. The average Bonchev–Trinajstić information content (AvgIpc) is 2.92. The van der Waals surface area contributed by atoms with Crippen molar-refractivity contribution < 1.29 is 0 Å². The Bertz CT molecular complexity index is 638. The number of likely N-dealkylation sites (tertiary alicyclic amines) is 1. The third kappa shape index (κ3) is 2.94. The molecule has 1 fully saturated rings. The van der Waals surface area contributed by atoms with Gasteiger partial charge in [0.2, 0.25) is 0 Å². The van der Waals surface area contributed by atoms with Gasteiger partial charge in [0.15, 0.2) is 5.15 Å². The Kier molecular flexibility index (Phi) is 4.23. The lowest BCUT2D eigenvalue weighted by Crippen LogP contribution is -2.33. The van der Waals surface area contributed by atoms with Crippen LogP contribution in [0.4, 0.5) is 0 Å². The summed E-state index contributed by atoms with van der Waals surface area (Å²) >= 11 is 6.27. The zero-order valence-electron chi connectivity index (χ0n) is 11.7. The number of nitrogens with zero attached hydrogens (tertiary/aromatic N) is 3. The van der Waals surface area contributed by atoms with Gasteiger partial charge < -0.3 is 4.98 Å². The second kappa shape index (κ2) is 6.30. The second-order valence-corrected chi connectivity index (χ2v) is 5.64. The molecule has 0 bridgehead atoms. The molecule has 1 aliphatic heterocycles. The van der Waals surface area contributed by atoms with Gasteiger partial charge in [-0.05, 0) is 25.9 Å². The summed E-state index contributed by atoms with van der Waals surface area (Å²) in [5, 5.41) is 9.93. The summed E-state index contributed by atoms with van der Waals surface area (Å²) < 4.78 is 0. The Morgan fingerprint density at radius 3 is 2.57 bits per heavy atom. The van der Waals surface area contributed by atoms with Gasteiger partial charge >= 0.3 is 0 Å². The normalized spacial score (nSPS) is 17.3. The van der Waals surface area contributed by atoms with Crippen molar-refractivity contribution in [1.82, 2.24) is 14.9 Å². The summed E-state index contributed by atoms with van der Waals surface area (Å²) in [6.07, 6.45) is 3.51. The van der Waals surface area contributed by atoms with E-state index in [1.807, 2.05) is 30.3 Å². The first-order chi connectivity index (χ1) is 10.3. The molecule has 1 aromatic carbocycles. The monoisotopic (exact) mass is 300 g/mol. The van der Waals surface area contributed by atoms with Crippen molar-refractivity contribution in [3.8, 4) is 17.5 Å². The molecule has 4 nitrogen and oxygen atoms in total. The molecule has 0 amide bonds. The van der Waals surface area contributed by atoms with Gasteiger partial charge in [0.25, 0.3) is 0 Å². The van der Waals surface area contributed by atoms with Gasteiger partial charge in [-0.15, -0.1) is 0 Å². The number of hydrogen-bond acceptors (Lipinski definition) is 3. The zero-order chi connectivity index (χ0) is 14.7. The number of piperidine rings is 1. The summed E-state index contributed by atoms with van der Waals surface area (Å²) in [7, 11) is 0. The predicted octanol–water partition coefficient (Wildman–Crippen LogP) is 3.78. The van der Waals surface area contributed by atoms with E-state index >= 15 is 0 Å². The summed E-state index contributed by atoms with van der Waals surface area (Å²) in [5.74, 6) is 0.716. The van der Waals surface area contributed by atoms with E-state index in [4.69, 9.17) is 11.6 Å². The molecule has 3 rings (SSSR count). The standard InChI is InChI=1S/C16H17ClN4/c17-15-14(13(11-18)21-9-5-2-6-10-21)19-16(20-15)12-7-3-1-4-8-12/h1,3-4,7-8,13H,2,5-6,9-10H2,(H,19,20). The van der Waals surface area contributed by atoms with Crippen LogP contribution in [0, 0.1) is 11.3 Å². The topological polar surface area (TPSA) is 55.7 Å². The molecule has 0 radical (unpaired) electrons. The molecular formula is C16H17ClN4. The number of halogens is 1.